The number of rotatable bonds is 7. The average molecular weight is 238 g/mol. The molecule has 0 saturated heterocycles. The molecule has 1 rings (SSSR count). The second-order valence-corrected chi connectivity index (χ2v) is 4.69. The Hall–Kier alpha value is -0.960. The molecule has 1 aromatic heterocycles. The molecule has 1 aromatic rings. The van der Waals surface area contributed by atoms with E-state index in [-0.39, 0.29) is 11.9 Å². The maximum Gasteiger partial charge on any atom is 0.141 e. The van der Waals surface area contributed by atoms with Crippen LogP contribution in [-0.2, 0) is 0 Å². The standard InChI is InChI=1S/C14H23FN2/c1-4-6-17-14(7-11(3)5-2)12-8-13(15)10-16-9-12/h8-11,14,17H,4-7H2,1-3H3. The van der Waals surface area contributed by atoms with Crippen LogP contribution >= 0.6 is 0 Å². The lowest BCUT2D eigenvalue weighted by molar-refractivity contribution is 0.400. The fourth-order valence-electron chi connectivity index (χ4n) is 1.84. The normalized spacial score (nSPS) is 14.6. The van der Waals surface area contributed by atoms with Crippen molar-refractivity contribution in [1.29, 1.82) is 0 Å². The topological polar surface area (TPSA) is 24.9 Å². The minimum Gasteiger partial charge on any atom is -0.310 e. The maximum absolute atomic E-state index is 13.2. The van der Waals surface area contributed by atoms with Gasteiger partial charge < -0.3 is 5.32 Å². The molecule has 0 spiro atoms. The third-order valence-electron chi connectivity index (χ3n) is 3.10. The van der Waals surface area contributed by atoms with Gasteiger partial charge >= 0.3 is 0 Å². The number of hydrogen-bond acceptors (Lipinski definition) is 2. The van der Waals surface area contributed by atoms with Crippen LogP contribution in [0.5, 0.6) is 0 Å². The average Bonchev–Trinajstić information content (AvgIpc) is 2.34. The van der Waals surface area contributed by atoms with E-state index in [0.29, 0.717) is 5.92 Å². The number of aromatic nitrogens is 1. The van der Waals surface area contributed by atoms with Crippen LogP contribution in [0.1, 0.15) is 51.6 Å². The summed E-state index contributed by atoms with van der Waals surface area (Å²) < 4.78 is 13.2. The molecule has 2 atom stereocenters. The lowest BCUT2D eigenvalue weighted by Crippen LogP contribution is -2.24. The van der Waals surface area contributed by atoms with Gasteiger partial charge in [-0.3, -0.25) is 4.98 Å². The quantitative estimate of drug-likeness (QED) is 0.783. The fourth-order valence-corrected chi connectivity index (χ4v) is 1.84. The van der Waals surface area contributed by atoms with Crippen molar-refractivity contribution in [2.45, 2.75) is 46.1 Å². The summed E-state index contributed by atoms with van der Waals surface area (Å²) in [6.45, 7) is 7.51. The predicted molar refractivity (Wildman–Crippen MR) is 69.3 cm³/mol. The first kappa shape index (κ1) is 14.1. The van der Waals surface area contributed by atoms with E-state index in [9.17, 15) is 4.39 Å². The highest BCUT2D eigenvalue weighted by molar-refractivity contribution is 5.15. The van der Waals surface area contributed by atoms with Crippen molar-refractivity contribution in [1.82, 2.24) is 10.3 Å². The molecule has 1 N–H and O–H groups in total. The predicted octanol–water partition coefficient (Wildman–Crippen LogP) is 3.70. The summed E-state index contributed by atoms with van der Waals surface area (Å²) in [5.41, 5.74) is 0.957. The lowest BCUT2D eigenvalue weighted by atomic mass is 9.95. The number of hydrogen-bond donors (Lipinski definition) is 1. The fraction of sp³-hybridized carbons (Fsp3) is 0.643. The van der Waals surface area contributed by atoms with Crippen molar-refractivity contribution in [3.8, 4) is 0 Å². The van der Waals surface area contributed by atoms with Gasteiger partial charge in [-0.25, -0.2) is 4.39 Å². The Labute approximate surface area is 104 Å². The molecule has 96 valence electrons. The third kappa shape index (κ3) is 4.82. The zero-order valence-corrected chi connectivity index (χ0v) is 11.0. The molecule has 17 heavy (non-hydrogen) atoms. The second-order valence-electron chi connectivity index (χ2n) is 4.69. The van der Waals surface area contributed by atoms with Crippen LogP contribution in [0.3, 0.4) is 0 Å². The highest BCUT2D eigenvalue weighted by Crippen LogP contribution is 2.22. The Morgan fingerprint density at radius 3 is 2.71 bits per heavy atom. The first-order valence-corrected chi connectivity index (χ1v) is 6.51. The molecule has 0 aliphatic carbocycles. The Kier molecular flexibility index (Phi) is 6.12. The third-order valence-corrected chi connectivity index (χ3v) is 3.10. The number of nitrogens with zero attached hydrogens (tertiary/aromatic N) is 1. The van der Waals surface area contributed by atoms with Crippen LogP contribution in [0.4, 0.5) is 4.39 Å². The molecule has 0 fully saturated rings. The zero-order valence-electron chi connectivity index (χ0n) is 11.0. The van der Waals surface area contributed by atoms with Crippen molar-refractivity contribution in [3.05, 3.63) is 29.8 Å². The molecule has 0 aromatic carbocycles. The van der Waals surface area contributed by atoms with E-state index in [1.165, 1.54) is 6.20 Å². The number of nitrogens with one attached hydrogen (secondary N) is 1. The lowest BCUT2D eigenvalue weighted by Gasteiger charge is -2.21. The highest BCUT2D eigenvalue weighted by atomic mass is 19.1. The van der Waals surface area contributed by atoms with E-state index in [2.05, 4.69) is 31.1 Å². The van der Waals surface area contributed by atoms with Crippen molar-refractivity contribution >= 4 is 0 Å². The van der Waals surface area contributed by atoms with Crippen LogP contribution in [-0.4, -0.2) is 11.5 Å². The zero-order chi connectivity index (χ0) is 12.7. The molecule has 0 radical (unpaired) electrons. The molecule has 3 heteroatoms. The monoisotopic (exact) mass is 238 g/mol. The Morgan fingerprint density at radius 2 is 2.12 bits per heavy atom. The Balaban J connectivity index is 2.74. The molecule has 0 aliphatic heterocycles. The molecule has 0 amide bonds. The first-order chi connectivity index (χ1) is 8.17. The summed E-state index contributed by atoms with van der Waals surface area (Å²) in [7, 11) is 0. The van der Waals surface area contributed by atoms with Gasteiger partial charge in [-0.2, -0.15) is 0 Å². The van der Waals surface area contributed by atoms with Gasteiger partial charge in [0.1, 0.15) is 5.82 Å². The van der Waals surface area contributed by atoms with Gasteiger partial charge in [0.05, 0.1) is 6.20 Å². The number of halogens is 1. The SMILES string of the molecule is CCCNC(CC(C)CC)c1cncc(F)c1. The molecular weight excluding hydrogens is 215 g/mol. The van der Waals surface area contributed by atoms with Gasteiger partial charge in [0.15, 0.2) is 0 Å². The molecule has 0 aliphatic rings. The molecule has 0 saturated carbocycles. The maximum atomic E-state index is 13.2. The van der Waals surface area contributed by atoms with E-state index in [1.807, 2.05) is 0 Å². The molecule has 1 heterocycles. The Morgan fingerprint density at radius 1 is 1.35 bits per heavy atom. The summed E-state index contributed by atoms with van der Waals surface area (Å²) in [6.07, 6.45) is 6.27. The van der Waals surface area contributed by atoms with E-state index < -0.39 is 0 Å². The van der Waals surface area contributed by atoms with Crippen LogP contribution < -0.4 is 5.32 Å². The summed E-state index contributed by atoms with van der Waals surface area (Å²) in [5.74, 6) is 0.377. The van der Waals surface area contributed by atoms with E-state index >= 15 is 0 Å². The number of pyridine rings is 1. The van der Waals surface area contributed by atoms with Crippen molar-refractivity contribution < 1.29 is 4.39 Å². The summed E-state index contributed by atoms with van der Waals surface area (Å²) in [6, 6.07) is 1.80. The summed E-state index contributed by atoms with van der Waals surface area (Å²) >= 11 is 0. The molecule has 2 nitrogen and oxygen atoms in total. The minimum atomic E-state index is -0.255. The summed E-state index contributed by atoms with van der Waals surface area (Å²) in [4.78, 5) is 3.93. The molecule has 0 bridgehead atoms. The van der Waals surface area contributed by atoms with E-state index in [1.54, 1.807) is 12.3 Å². The highest BCUT2D eigenvalue weighted by Gasteiger charge is 2.14. The Bertz CT molecular complexity index is 328. The van der Waals surface area contributed by atoms with Crippen LogP contribution in [0, 0.1) is 11.7 Å². The van der Waals surface area contributed by atoms with Crippen LogP contribution in [0.2, 0.25) is 0 Å². The molecular formula is C14H23FN2. The van der Waals surface area contributed by atoms with Gasteiger partial charge in [0.25, 0.3) is 0 Å². The van der Waals surface area contributed by atoms with Gasteiger partial charge in [-0.1, -0.05) is 27.2 Å². The van der Waals surface area contributed by atoms with Crippen molar-refractivity contribution in [3.63, 3.8) is 0 Å². The minimum absolute atomic E-state index is 0.216. The van der Waals surface area contributed by atoms with E-state index in [4.69, 9.17) is 0 Å². The molecule has 2 unspecified atom stereocenters. The van der Waals surface area contributed by atoms with Crippen molar-refractivity contribution in [2.24, 2.45) is 5.92 Å². The van der Waals surface area contributed by atoms with Gasteiger partial charge in [0, 0.05) is 12.2 Å². The second kappa shape index (κ2) is 7.38. The smallest absolute Gasteiger partial charge is 0.141 e. The largest absolute Gasteiger partial charge is 0.310 e. The van der Waals surface area contributed by atoms with Gasteiger partial charge in [0.2, 0.25) is 0 Å². The van der Waals surface area contributed by atoms with Gasteiger partial charge in [-0.05, 0) is 36.9 Å². The first-order valence-electron chi connectivity index (χ1n) is 6.51. The van der Waals surface area contributed by atoms with Crippen LogP contribution in [0.15, 0.2) is 18.5 Å². The van der Waals surface area contributed by atoms with E-state index in [0.717, 1.165) is 31.4 Å². The summed E-state index contributed by atoms with van der Waals surface area (Å²) in [5, 5.41) is 3.47. The van der Waals surface area contributed by atoms with Crippen LogP contribution in [0.25, 0.3) is 0 Å². The van der Waals surface area contributed by atoms with Crippen molar-refractivity contribution in [2.75, 3.05) is 6.54 Å². The van der Waals surface area contributed by atoms with Gasteiger partial charge in [-0.15, -0.1) is 0 Å².